The van der Waals surface area contributed by atoms with Gasteiger partial charge in [0.2, 0.25) is 0 Å². The standard InChI is InChI=1S/C12H14BrClN4O/c1-18(2)6-10(15)11-16-12(19-17-11)7-3-4-9(14)8(13)5-7/h3-5,10H,6,15H2,1-2H3. The van der Waals surface area contributed by atoms with E-state index in [1.54, 1.807) is 6.07 Å². The number of aromatic nitrogens is 2. The van der Waals surface area contributed by atoms with E-state index in [2.05, 4.69) is 26.1 Å². The maximum absolute atomic E-state index is 5.98. The summed E-state index contributed by atoms with van der Waals surface area (Å²) in [4.78, 5) is 6.28. The number of likely N-dealkylation sites (N-methyl/N-ethyl adjacent to an activating group) is 1. The second-order valence-electron chi connectivity index (χ2n) is 4.46. The Morgan fingerprint density at radius 1 is 1.47 bits per heavy atom. The lowest BCUT2D eigenvalue weighted by atomic mass is 10.2. The Balaban J connectivity index is 2.22. The van der Waals surface area contributed by atoms with Crippen molar-refractivity contribution in [1.82, 2.24) is 15.0 Å². The molecule has 7 heteroatoms. The van der Waals surface area contributed by atoms with E-state index >= 15 is 0 Å². The second-order valence-corrected chi connectivity index (χ2v) is 5.72. The fourth-order valence-corrected chi connectivity index (χ4v) is 2.10. The first-order valence-electron chi connectivity index (χ1n) is 5.66. The number of benzene rings is 1. The number of hydrogen-bond acceptors (Lipinski definition) is 5. The molecule has 2 rings (SSSR count). The Bertz CT molecular complexity index is 573. The molecule has 0 fully saturated rings. The molecule has 0 bridgehead atoms. The molecule has 19 heavy (non-hydrogen) atoms. The summed E-state index contributed by atoms with van der Waals surface area (Å²) in [6.07, 6.45) is 0. The molecule has 2 N–H and O–H groups in total. The van der Waals surface area contributed by atoms with E-state index in [-0.39, 0.29) is 6.04 Å². The molecule has 0 amide bonds. The highest BCUT2D eigenvalue weighted by atomic mass is 79.9. The maximum atomic E-state index is 5.98. The van der Waals surface area contributed by atoms with Gasteiger partial charge in [0.05, 0.1) is 11.1 Å². The summed E-state index contributed by atoms with van der Waals surface area (Å²) in [5.41, 5.74) is 6.78. The summed E-state index contributed by atoms with van der Waals surface area (Å²) in [5, 5.41) is 4.54. The van der Waals surface area contributed by atoms with Crippen LogP contribution in [0.4, 0.5) is 0 Å². The summed E-state index contributed by atoms with van der Waals surface area (Å²) < 4.78 is 6.01. The lowest BCUT2D eigenvalue weighted by Gasteiger charge is -2.12. The molecule has 1 heterocycles. The topological polar surface area (TPSA) is 68.2 Å². The molecule has 0 spiro atoms. The SMILES string of the molecule is CN(C)CC(N)c1noc(-c2ccc(Cl)c(Br)c2)n1. The van der Waals surface area contributed by atoms with Gasteiger partial charge in [-0.2, -0.15) is 4.98 Å². The summed E-state index contributed by atoms with van der Waals surface area (Å²) in [6, 6.07) is 5.15. The highest BCUT2D eigenvalue weighted by Crippen LogP contribution is 2.28. The van der Waals surface area contributed by atoms with Crippen LogP contribution in [-0.2, 0) is 0 Å². The third kappa shape index (κ3) is 3.54. The molecule has 1 aromatic carbocycles. The zero-order valence-corrected chi connectivity index (χ0v) is 12.9. The molecule has 1 unspecified atom stereocenters. The van der Waals surface area contributed by atoms with Gasteiger partial charge in [-0.1, -0.05) is 16.8 Å². The molecule has 5 nitrogen and oxygen atoms in total. The van der Waals surface area contributed by atoms with Crippen LogP contribution in [0.15, 0.2) is 27.2 Å². The average Bonchev–Trinajstić information content (AvgIpc) is 2.81. The van der Waals surface area contributed by atoms with Gasteiger partial charge < -0.3 is 15.2 Å². The molecule has 0 saturated heterocycles. The molecule has 0 aliphatic rings. The minimum atomic E-state index is -0.275. The van der Waals surface area contributed by atoms with Gasteiger partial charge >= 0.3 is 0 Å². The molecule has 0 aliphatic heterocycles. The van der Waals surface area contributed by atoms with Crippen LogP contribution >= 0.6 is 27.5 Å². The van der Waals surface area contributed by atoms with Crippen LogP contribution in [0, 0.1) is 0 Å². The van der Waals surface area contributed by atoms with Crippen LogP contribution in [0.3, 0.4) is 0 Å². The van der Waals surface area contributed by atoms with Gasteiger partial charge in [-0.15, -0.1) is 0 Å². The second kappa shape index (κ2) is 6.00. The summed E-state index contributed by atoms with van der Waals surface area (Å²) >= 11 is 9.30. The summed E-state index contributed by atoms with van der Waals surface area (Å²) in [7, 11) is 3.88. The highest BCUT2D eigenvalue weighted by Gasteiger charge is 2.16. The zero-order valence-electron chi connectivity index (χ0n) is 10.6. The number of rotatable bonds is 4. The Morgan fingerprint density at radius 2 is 2.21 bits per heavy atom. The van der Waals surface area contributed by atoms with Crippen molar-refractivity contribution in [2.75, 3.05) is 20.6 Å². The van der Waals surface area contributed by atoms with Gasteiger partial charge in [-0.05, 0) is 48.2 Å². The molecule has 0 aliphatic carbocycles. The lowest BCUT2D eigenvalue weighted by molar-refractivity contribution is 0.357. The van der Waals surface area contributed by atoms with Gasteiger partial charge in [0.1, 0.15) is 0 Å². The van der Waals surface area contributed by atoms with Gasteiger partial charge in [-0.25, -0.2) is 0 Å². The van der Waals surface area contributed by atoms with E-state index in [0.29, 0.717) is 23.3 Å². The van der Waals surface area contributed by atoms with Crippen molar-refractivity contribution in [1.29, 1.82) is 0 Å². The third-order valence-electron chi connectivity index (χ3n) is 2.50. The van der Waals surface area contributed by atoms with E-state index in [1.807, 2.05) is 31.1 Å². The molecule has 1 aromatic heterocycles. The van der Waals surface area contributed by atoms with Crippen LogP contribution in [0.2, 0.25) is 5.02 Å². The van der Waals surface area contributed by atoms with Crippen molar-refractivity contribution in [2.24, 2.45) is 5.73 Å². The highest BCUT2D eigenvalue weighted by molar-refractivity contribution is 9.10. The predicted molar refractivity (Wildman–Crippen MR) is 77.9 cm³/mol. The molecule has 2 aromatic rings. The number of halogens is 2. The van der Waals surface area contributed by atoms with Gasteiger partial charge in [-0.3, -0.25) is 0 Å². The Labute approximate surface area is 124 Å². The maximum Gasteiger partial charge on any atom is 0.258 e. The molecular formula is C12H14BrClN4O. The van der Waals surface area contributed by atoms with E-state index in [4.69, 9.17) is 21.9 Å². The molecule has 0 saturated carbocycles. The molecule has 0 radical (unpaired) electrons. The lowest BCUT2D eigenvalue weighted by Crippen LogP contribution is -2.26. The Morgan fingerprint density at radius 3 is 2.84 bits per heavy atom. The first kappa shape index (κ1) is 14.5. The summed E-state index contributed by atoms with van der Waals surface area (Å²) in [6.45, 7) is 0.656. The minimum Gasteiger partial charge on any atom is -0.334 e. The third-order valence-corrected chi connectivity index (χ3v) is 3.72. The van der Waals surface area contributed by atoms with E-state index < -0.39 is 0 Å². The normalized spacial score (nSPS) is 12.9. The van der Waals surface area contributed by atoms with Crippen LogP contribution < -0.4 is 5.73 Å². The largest absolute Gasteiger partial charge is 0.334 e. The fourth-order valence-electron chi connectivity index (χ4n) is 1.61. The van der Waals surface area contributed by atoms with Crippen molar-refractivity contribution >= 4 is 27.5 Å². The monoisotopic (exact) mass is 344 g/mol. The van der Waals surface area contributed by atoms with E-state index in [9.17, 15) is 0 Å². The predicted octanol–water partition coefficient (Wildman–Crippen LogP) is 2.71. The van der Waals surface area contributed by atoms with Crippen LogP contribution in [0.5, 0.6) is 0 Å². The first-order valence-corrected chi connectivity index (χ1v) is 6.84. The van der Waals surface area contributed by atoms with Crippen molar-refractivity contribution in [2.45, 2.75) is 6.04 Å². The van der Waals surface area contributed by atoms with Crippen LogP contribution in [-0.4, -0.2) is 35.7 Å². The Kier molecular flexibility index (Phi) is 4.57. The molecule has 1 atom stereocenters. The van der Waals surface area contributed by atoms with Gasteiger partial charge in [0.25, 0.3) is 5.89 Å². The first-order chi connectivity index (χ1) is 8.97. The average molecular weight is 346 g/mol. The van der Waals surface area contributed by atoms with Gasteiger partial charge in [0, 0.05) is 16.6 Å². The van der Waals surface area contributed by atoms with Gasteiger partial charge in [0.15, 0.2) is 5.82 Å². The van der Waals surface area contributed by atoms with E-state index in [1.165, 1.54) is 0 Å². The van der Waals surface area contributed by atoms with E-state index in [0.717, 1.165) is 10.0 Å². The quantitative estimate of drug-likeness (QED) is 0.923. The van der Waals surface area contributed by atoms with Crippen molar-refractivity contribution in [3.05, 3.63) is 33.5 Å². The molecule has 102 valence electrons. The number of nitrogens with zero attached hydrogens (tertiary/aromatic N) is 3. The Hall–Kier alpha value is -0.950. The number of hydrogen-bond donors (Lipinski definition) is 1. The van der Waals surface area contributed by atoms with Crippen LogP contribution in [0.25, 0.3) is 11.5 Å². The smallest absolute Gasteiger partial charge is 0.258 e. The minimum absolute atomic E-state index is 0.275. The van der Waals surface area contributed by atoms with Crippen LogP contribution in [0.1, 0.15) is 11.9 Å². The number of nitrogens with two attached hydrogens (primary N) is 1. The van der Waals surface area contributed by atoms with Crippen molar-refractivity contribution in [3.63, 3.8) is 0 Å². The fraction of sp³-hybridized carbons (Fsp3) is 0.333. The molecular weight excluding hydrogens is 332 g/mol. The van der Waals surface area contributed by atoms with Crippen molar-refractivity contribution in [3.8, 4) is 11.5 Å². The zero-order chi connectivity index (χ0) is 14.0. The summed E-state index contributed by atoms with van der Waals surface area (Å²) in [5.74, 6) is 0.927. The van der Waals surface area contributed by atoms with Crippen molar-refractivity contribution < 1.29 is 4.52 Å².